The molecule has 3 aromatic rings. The van der Waals surface area contributed by atoms with Gasteiger partial charge in [-0.25, -0.2) is 4.90 Å². The standard InChI is InChI=1S/C28H28N2O4/c1-5-33-23-13-12-21(17-24(23)34-6-2)29-26-25(20-10-8-7-9-11-20)27(31)30(28(26)32)22-15-18(3)14-19(4)16-22/h7-17,29H,5-6H2,1-4H3. The van der Waals surface area contributed by atoms with Crippen LogP contribution in [0.15, 0.2) is 72.4 Å². The second-order valence-electron chi connectivity index (χ2n) is 8.06. The molecule has 0 atom stereocenters. The first-order chi connectivity index (χ1) is 16.4. The van der Waals surface area contributed by atoms with Crippen molar-refractivity contribution in [2.24, 2.45) is 0 Å². The average molecular weight is 457 g/mol. The fraction of sp³-hybridized carbons (Fsp3) is 0.214. The van der Waals surface area contributed by atoms with Crippen molar-refractivity contribution in [1.82, 2.24) is 0 Å². The number of benzene rings is 3. The van der Waals surface area contributed by atoms with Crippen molar-refractivity contribution in [3.63, 3.8) is 0 Å². The van der Waals surface area contributed by atoms with Crippen molar-refractivity contribution in [1.29, 1.82) is 0 Å². The van der Waals surface area contributed by atoms with Gasteiger partial charge in [0.15, 0.2) is 11.5 Å². The number of hydrogen-bond acceptors (Lipinski definition) is 5. The molecule has 0 aliphatic carbocycles. The SMILES string of the molecule is CCOc1ccc(NC2=C(c3ccccc3)C(=O)N(c3cc(C)cc(C)c3)C2=O)cc1OCC. The van der Waals surface area contributed by atoms with Crippen LogP contribution in [0.1, 0.15) is 30.5 Å². The lowest BCUT2D eigenvalue weighted by Gasteiger charge is -2.17. The maximum Gasteiger partial charge on any atom is 0.282 e. The highest BCUT2D eigenvalue weighted by Gasteiger charge is 2.40. The van der Waals surface area contributed by atoms with Gasteiger partial charge < -0.3 is 14.8 Å². The fourth-order valence-electron chi connectivity index (χ4n) is 4.11. The Morgan fingerprint density at radius 1 is 0.765 bits per heavy atom. The third-order valence-corrected chi connectivity index (χ3v) is 5.42. The van der Waals surface area contributed by atoms with E-state index in [0.29, 0.717) is 47.2 Å². The van der Waals surface area contributed by atoms with Gasteiger partial charge in [0.25, 0.3) is 11.8 Å². The number of nitrogens with one attached hydrogen (secondary N) is 1. The van der Waals surface area contributed by atoms with Crippen LogP contribution in [-0.2, 0) is 9.59 Å². The maximum atomic E-state index is 13.6. The largest absolute Gasteiger partial charge is 0.490 e. The Morgan fingerprint density at radius 2 is 1.41 bits per heavy atom. The predicted molar refractivity (Wildman–Crippen MR) is 134 cm³/mol. The van der Waals surface area contributed by atoms with Crippen LogP contribution in [-0.4, -0.2) is 25.0 Å². The van der Waals surface area contributed by atoms with E-state index < -0.39 is 5.91 Å². The van der Waals surface area contributed by atoms with Crippen LogP contribution in [0.5, 0.6) is 11.5 Å². The second-order valence-corrected chi connectivity index (χ2v) is 8.06. The molecular weight excluding hydrogens is 428 g/mol. The number of aryl methyl sites for hydroxylation is 2. The lowest BCUT2D eigenvalue weighted by atomic mass is 10.0. The third-order valence-electron chi connectivity index (χ3n) is 5.42. The number of amides is 2. The quantitative estimate of drug-likeness (QED) is 0.454. The van der Waals surface area contributed by atoms with Gasteiger partial charge in [0, 0.05) is 11.8 Å². The normalized spacial score (nSPS) is 13.5. The molecule has 6 nitrogen and oxygen atoms in total. The summed E-state index contributed by atoms with van der Waals surface area (Å²) >= 11 is 0. The molecule has 0 aromatic heterocycles. The Balaban J connectivity index is 1.79. The van der Waals surface area contributed by atoms with Crippen LogP contribution in [0.3, 0.4) is 0 Å². The first kappa shape index (κ1) is 23.1. The molecule has 1 aliphatic heterocycles. The monoisotopic (exact) mass is 456 g/mol. The van der Waals surface area contributed by atoms with E-state index in [0.717, 1.165) is 11.1 Å². The fourth-order valence-corrected chi connectivity index (χ4v) is 4.11. The van der Waals surface area contributed by atoms with Gasteiger partial charge in [-0.3, -0.25) is 9.59 Å². The molecule has 0 radical (unpaired) electrons. The van der Waals surface area contributed by atoms with Crippen LogP contribution in [0.2, 0.25) is 0 Å². The molecule has 174 valence electrons. The molecule has 1 N–H and O–H groups in total. The summed E-state index contributed by atoms with van der Waals surface area (Å²) in [4.78, 5) is 28.5. The van der Waals surface area contributed by atoms with Gasteiger partial charge in [0.1, 0.15) is 5.70 Å². The van der Waals surface area contributed by atoms with Crippen molar-refractivity contribution in [2.75, 3.05) is 23.4 Å². The Kier molecular flexibility index (Phi) is 6.68. The molecule has 1 heterocycles. The summed E-state index contributed by atoms with van der Waals surface area (Å²) in [6.45, 7) is 8.67. The van der Waals surface area contributed by atoms with Gasteiger partial charge in [0.05, 0.1) is 24.5 Å². The van der Waals surface area contributed by atoms with Gasteiger partial charge in [-0.1, -0.05) is 36.4 Å². The van der Waals surface area contributed by atoms with Gasteiger partial charge in [0.2, 0.25) is 0 Å². The van der Waals surface area contributed by atoms with Crippen LogP contribution >= 0.6 is 0 Å². The molecule has 0 saturated heterocycles. The smallest absolute Gasteiger partial charge is 0.282 e. The summed E-state index contributed by atoms with van der Waals surface area (Å²) < 4.78 is 11.4. The molecule has 3 aromatic carbocycles. The average Bonchev–Trinajstić information content (AvgIpc) is 3.05. The second kappa shape index (κ2) is 9.83. The molecule has 34 heavy (non-hydrogen) atoms. The molecule has 4 rings (SSSR count). The van der Waals surface area contributed by atoms with Gasteiger partial charge >= 0.3 is 0 Å². The van der Waals surface area contributed by atoms with Gasteiger partial charge in [-0.05, 0) is 68.7 Å². The van der Waals surface area contributed by atoms with E-state index in [1.54, 1.807) is 18.2 Å². The van der Waals surface area contributed by atoms with E-state index in [-0.39, 0.29) is 11.6 Å². The van der Waals surface area contributed by atoms with Crippen molar-refractivity contribution in [3.05, 3.63) is 89.1 Å². The lowest BCUT2D eigenvalue weighted by molar-refractivity contribution is -0.120. The van der Waals surface area contributed by atoms with E-state index in [2.05, 4.69) is 5.32 Å². The highest BCUT2D eigenvalue weighted by Crippen LogP contribution is 2.36. The van der Waals surface area contributed by atoms with Crippen LogP contribution in [0.4, 0.5) is 11.4 Å². The number of anilines is 2. The number of rotatable bonds is 8. The summed E-state index contributed by atoms with van der Waals surface area (Å²) in [6, 6.07) is 20.3. The number of ether oxygens (including phenoxy) is 2. The molecule has 0 fully saturated rings. The summed E-state index contributed by atoms with van der Waals surface area (Å²) in [5.41, 5.74) is 4.36. The number of carbonyl (C=O) groups excluding carboxylic acids is 2. The van der Waals surface area contributed by atoms with Crippen molar-refractivity contribution in [3.8, 4) is 11.5 Å². The van der Waals surface area contributed by atoms with Crippen molar-refractivity contribution in [2.45, 2.75) is 27.7 Å². The van der Waals surface area contributed by atoms with E-state index in [1.165, 1.54) is 4.90 Å². The minimum Gasteiger partial charge on any atom is -0.490 e. The maximum absolute atomic E-state index is 13.6. The molecule has 0 saturated carbocycles. The predicted octanol–water partition coefficient (Wildman–Crippen LogP) is 5.50. The highest BCUT2D eigenvalue weighted by atomic mass is 16.5. The zero-order valence-electron chi connectivity index (χ0n) is 19.8. The molecular formula is C28H28N2O4. The van der Waals surface area contributed by atoms with E-state index in [1.807, 2.05) is 76.2 Å². The number of carbonyl (C=O) groups is 2. The Labute approximate surface area is 199 Å². The minimum absolute atomic E-state index is 0.224. The molecule has 2 amide bonds. The molecule has 0 spiro atoms. The Hall–Kier alpha value is -4.06. The summed E-state index contributed by atoms with van der Waals surface area (Å²) in [5.74, 6) is 0.428. The Bertz CT molecular complexity index is 1240. The zero-order chi connectivity index (χ0) is 24.2. The van der Waals surface area contributed by atoms with Crippen molar-refractivity contribution >= 4 is 28.8 Å². The summed E-state index contributed by atoms with van der Waals surface area (Å²) in [6.07, 6.45) is 0. The lowest BCUT2D eigenvalue weighted by Crippen LogP contribution is -2.32. The topological polar surface area (TPSA) is 67.9 Å². The third kappa shape index (κ3) is 4.53. The molecule has 6 heteroatoms. The van der Waals surface area contributed by atoms with Crippen LogP contribution in [0, 0.1) is 13.8 Å². The molecule has 0 unspecified atom stereocenters. The summed E-state index contributed by atoms with van der Waals surface area (Å²) in [5, 5.41) is 3.20. The first-order valence-electron chi connectivity index (χ1n) is 11.4. The molecule has 1 aliphatic rings. The Morgan fingerprint density at radius 3 is 2.06 bits per heavy atom. The highest BCUT2D eigenvalue weighted by molar-refractivity contribution is 6.46. The minimum atomic E-state index is -0.402. The number of nitrogens with zero attached hydrogens (tertiary/aromatic N) is 1. The van der Waals surface area contributed by atoms with E-state index >= 15 is 0 Å². The van der Waals surface area contributed by atoms with Crippen molar-refractivity contribution < 1.29 is 19.1 Å². The zero-order valence-corrected chi connectivity index (χ0v) is 19.8. The van der Waals surface area contributed by atoms with Crippen LogP contribution < -0.4 is 19.7 Å². The van der Waals surface area contributed by atoms with E-state index in [9.17, 15) is 9.59 Å². The van der Waals surface area contributed by atoms with Crippen LogP contribution in [0.25, 0.3) is 5.57 Å². The van der Waals surface area contributed by atoms with Gasteiger partial charge in [-0.15, -0.1) is 0 Å². The van der Waals surface area contributed by atoms with E-state index in [4.69, 9.17) is 9.47 Å². The summed E-state index contributed by atoms with van der Waals surface area (Å²) in [7, 11) is 0. The first-order valence-corrected chi connectivity index (χ1v) is 11.4. The number of imide groups is 1. The number of hydrogen-bond donors (Lipinski definition) is 1. The molecule has 0 bridgehead atoms. The van der Waals surface area contributed by atoms with Gasteiger partial charge in [-0.2, -0.15) is 0 Å².